The highest BCUT2D eigenvalue weighted by atomic mass is 19.1. The van der Waals surface area contributed by atoms with Crippen molar-refractivity contribution in [1.82, 2.24) is 0 Å². The molecular formula is C10H9FN2O2. The molecule has 15 heavy (non-hydrogen) atoms. The number of halogens is 1. The van der Waals surface area contributed by atoms with Gasteiger partial charge in [0.05, 0.1) is 11.6 Å². The normalized spacial score (nSPS) is 11.8. The summed E-state index contributed by atoms with van der Waals surface area (Å²) >= 11 is 0. The zero-order valence-electron chi connectivity index (χ0n) is 8.11. The summed E-state index contributed by atoms with van der Waals surface area (Å²) < 4.78 is 12.4. The van der Waals surface area contributed by atoms with E-state index in [2.05, 4.69) is 0 Å². The highest BCUT2D eigenvalue weighted by molar-refractivity contribution is 5.54. The molecule has 1 atom stereocenters. The Morgan fingerprint density at radius 3 is 2.80 bits per heavy atom. The molecule has 0 spiro atoms. The number of nitrogens with zero attached hydrogens (tertiary/aromatic N) is 2. The topological polar surface area (TPSA) is 66.9 Å². The molecule has 0 saturated carbocycles. The average Bonchev–Trinajstić information content (AvgIpc) is 2.26. The van der Waals surface area contributed by atoms with Crippen molar-refractivity contribution in [3.05, 3.63) is 39.4 Å². The molecule has 0 heterocycles. The molecule has 1 aromatic rings. The van der Waals surface area contributed by atoms with Gasteiger partial charge >= 0.3 is 0 Å². The molecule has 1 unspecified atom stereocenters. The first-order valence-electron chi connectivity index (χ1n) is 4.35. The van der Waals surface area contributed by atoms with Crippen molar-refractivity contribution >= 4 is 5.69 Å². The van der Waals surface area contributed by atoms with Gasteiger partial charge in [-0.05, 0) is 5.56 Å². The summed E-state index contributed by atoms with van der Waals surface area (Å²) in [6, 6.07) is 5.99. The number of hydrogen-bond donors (Lipinski definition) is 0. The van der Waals surface area contributed by atoms with Gasteiger partial charge in [0.25, 0.3) is 5.69 Å². The maximum absolute atomic E-state index is 12.4. The highest BCUT2D eigenvalue weighted by Gasteiger charge is 2.20. The lowest BCUT2D eigenvalue weighted by Crippen LogP contribution is -2.02. The Morgan fingerprint density at radius 2 is 2.33 bits per heavy atom. The second kappa shape index (κ2) is 4.51. The molecular weight excluding hydrogens is 199 g/mol. The average molecular weight is 208 g/mol. The van der Waals surface area contributed by atoms with Crippen LogP contribution >= 0.6 is 0 Å². The van der Waals surface area contributed by atoms with E-state index in [4.69, 9.17) is 5.26 Å². The summed E-state index contributed by atoms with van der Waals surface area (Å²) in [4.78, 5) is 9.97. The summed E-state index contributed by atoms with van der Waals surface area (Å²) in [5, 5.41) is 19.4. The second-order valence-corrected chi connectivity index (χ2v) is 3.17. The van der Waals surface area contributed by atoms with Gasteiger partial charge in [0.2, 0.25) is 0 Å². The standard InChI is InChI=1S/C10H9FN2O2/c1-7(5-11)8-3-2-4-10(13(14)15)9(8)6-12/h2-4,7H,5H2,1H3. The number of nitro groups is 1. The molecule has 0 aliphatic heterocycles. The van der Waals surface area contributed by atoms with Crippen molar-refractivity contribution in [1.29, 1.82) is 5.26 Å². The van der Waals surface area contributed by atoms with Crippen LogP contribution in [0.3, 0.4) is 0 Å². The molecule has 0 aromatic heterocycles. The van der Waals surface area contributed by atoms with Crippen molar-refractivity contribution in [3.63, 3.8) is 0 Å². The summed E-state index contributed by atoms with van der Waals surface area (Å²) in [7, 11) is 0. The monoisotopic (exact) mass is 208 g/mol. The summed E-state index contributed by atoms with van der Waals surface area (Å²) in [6.07, 6.45) is 0. The third kappa shape index (κ3) is 2.10. The van der Waals surface area contributed by atoms with Gasteiger partial charge in [-0.3, -0.25) is 14.5 Å². The van der Waals surface area contributed by atoms with E-state index >= 15 is 0 Å². The molecule has 0 fully saturated rings. The van der Waals surface area contributed by atoms with Crippen LogP contribution in [0.1, 0.15) is 24.0 Å². The van der Waals surface area contributed by atoms with Gasteiger partial charge in [0.1, 0.15) is 11.6 Å². The van der Waals surface area contributed by atoms with Gasteiger partial charge < -0.3 is 0 Å². The molecule has 0 N–H and O–H groups in total. The lowest BCUT2D eigenvalue weighted by molar-refractivity contribution is -0.385. The van der Waals surface area contributed by atoms with Gasteiger partial charge in [-0.15, -0.1) is 0 Å². The number of nitro benzene ring substituents is 1. The van der Waals surface area contributed by atoms with Crippen LogP contribution in [0.5, 0.6) is 0 Å². The van der Waals surface area contributed by atoms with Gasteiger partial charge in [-0.1, -0.05) is 19.1 Å². The number of alkyl halides is 1. The molecule has 1 rings (SSSR count). The largest absolute Gasteiger partial charge is 0.287 e. The number of rotatable bonds is 3. The third-order valence-electron chi connectivity index (χ3n) is 2.15. The van der Waals surface area contributed by atoms with E-state index < -0.39 is 17.5 Å². The first-order valence-corrected chi connectivity index (χ1v) is 4.35. The van der Waals surface area contributed by atoms with Gasteiger partial charge in [-0.25, -0.2) is 0 Å². The molecule has 0 saturated heterocycles. The van der Waals surface area contributed by atoms with Crippen LogP contribution in [-0.4, -0.2) is 11.6 Å². The Balaban J connectivity index is 3.36. The molecule has 5 heteroatoms. The maximum Gasteiger partial charge on any atom is 0.287 e. The van der Waals surface area contributed by atoms with Gasteiger partial charge in [0, 0.05) is 12.0 Å². The fourth-order valence-corrected chi connectivity index (χ4v) is 1.33. The third-order valence-corrected chi connectivity index (χ3v) is 2.15. The quantitative estimate of drug-likeness (QED) is 0.566. The smallest absolute Gasteiger partial charge is 0.258 e. The van der Waals surface area contributed by atoms with Crippen LogP contribution in [-0.2, 0) is 0 Å². The van der Waals surface area contributed by atoms with E-state index in [1.54, 1.807) is 13.0 Å². The van der Waals surface area contributed by atoms with Crippen molar-refractivity contribution in [2.45, 2.75) is 12.8 Å². The minimum Gasteiger partial charge on any atom is -0.258 e. The Kier molecular flexibility index (Phi) is 3.34. The summed E-state index contributed by atoms with van der Waals surface area (Å²) in [5.74, 6) is -0.500. The number of hydrogen-bond acceptors (Lipinski definition) is 3. The fourth-order valence-electron chi connectivity index (χ4n) is 1.33. The molecule has 0 bridgehead atoms. The van der Waals surface area contributed by atoms with Crippen LogP contribution in [0.4, 0.5) is 10.1 Å². The van der Waals surface area contributed by atoms with Crippen molar-refractivity contribution < 1.29 is 9.31 Å². The molecule has 0 aliphatic carbocycles. The maximum atomic E-state index is 12.4. The van der Waals surface area contributed by atoms with E-state index in [9.17, 15) is 14.5 Å². The second-order valence-electron chi connectivity index (χ2n) is 3.17. The van der Waals surface area contributed by atoms with Gasteiger partial charge in [0.15, 0.2) is 0 Å². The molecule has 0 radical (unpaired) electrons. The first kappa shape index (κ1) is 11.1. The molecule has 4 nitrogen and oxygen atoms in total. The van der Waals surface area contributed by atoms with Crippen LogP contribution in [0.25, 0.3) is 0 Å². The molecule has 1 aromatic carbocycles. The van der Waals surface area contributed by atoms with Crippen LogP contribution in [0.2, 0.25) is 0 Å². The minimum absolute atomic E-state index is 0.0485. The first-order chi connectivity index (χ1) is 7.11. The minimum atomic E-state index is -0.643. The molecule has 78 valence electrons. The van der Waals surface area contributed by atoms with E-state index in [1.165, 1.54) is 18.2 Å². The Bertz CT molecular complexity index is 426. The van der Waals surface area contributed by atoms with Gasteiger partial charge in [-0.2, -0.15) is 5.26 Å². The predicted octanol–water partition coefficient (Wildman–Crippen LogP) is 2.54. The zero-order valence-corrected chi connectivity index (χ0v) is 8.11. The number of benzene rings is 1. The van der Waals surface area contributed by atoms with Crippen molar-refractivity contribution in [2.75, 3.05) is 6.67 Å². The predicted molar refractivity (Wildman–Crippen MR) is 52.2 cm³/mol. The van der Waals surface area contributed by atoms with E-state index in [0.29, 0.717) is 5.56 Å². The fraction of sp³-hybridized carbons (Fsp3) is 0.300. The van der Waals surface area contributed by atoms with Crippen LogP contribution in [0.15, 0.2) is 18.2 Å². The molecule has 0 aliphatic rings. The molecule has 0 amide bonds. The zero-order chi connectivity index (χ0) is 11.4. The Morgan fingerprint density at radius 1 is 1.67 bits per heavy atom. The van der Waals surface area contributed by atoms with Crippen LogP contribution in [0, 0.1) is 21.4 Å². The van der Waals surface area contributed by atoms with E-state index in [-0.39, 0.29) is 11.3 Å². The highest BCUT2D eigenvalue weighted by Crippen LogP contribution is 2.27. The van der Waals surface area contributed by atoms with E-state index in [0.717, 1.165) is 0 Å². The van der Waals surface area contributed by atoms with Crippen molar-refractivity contribution in [3.8, 4) is 6.07 Å². The lowest BCUT2D eigenvalue weighted by atomic mass is 9.96. The SMILES string of the molecule is CC(CF)c1cccc([N+](=O)[O-])c1C#N. The summed E-state index contributed by atoms with van der Waals surface area (Å²) in [6.45, 7) is 0.940. The van der Waals surface area contributed by atoms with Crippen LogP contribution < -0.4 is 0 Å². The Labute approximate surface area is 86.1 Å². The lowest BCUT2D eigenvalue weighted by Gasteiger charge is -2.08. The summed E-state index contributed by atoms with van der Waals surface area (Å²) in [5.41, 5.74) is 0.0668. The Hall–Kier alpha value is -1.96. The van der Waals surface area contributed by atoms with Crippen molar-refractivity contribution in [2.24, 2.45) is 0 Å². The van der Waals surface area contributed by atoms with E-state index in [1.807, 2.05) is 0 Å². The number of nitriles is 1.